The van der Waals surface area contributed by atoms with Crippen LogP contribution in [0.5, 0.6) is 5.75 Å². The smallest absolute Gasteiger partial charge is 0.253 e. The number of carbonyl (C=O) groups is 2. The first-order chi connectivity index (χ1) is 16.0. The molecular formula is C25H24N4O3S. The number of likely N-dealkylation sites (tertiary alicyclic amines) is 1. The molecule has 1 aromatic heterocycles. The first-order valence-electron chi connectivity index (χ1n) is 10.8. The quantitative estimate of drug-likeness (QED) is 0.589. The van der Waals surface area contributed by atoms with Gasteiger partial charge >= 0.3 is 0 Å². The van der Waals surface area contributed by atoms with Gasteiger partial charge in [0.2, 0.25) is 5.91 Å². The van der Waals surface area contributed by atoms with Gasteiger partial charge in [0.05, 0.1) is 17.3 Å². The number of hydrogen-bond donors (Lipinski definition) is 1. The van der Waals surface area contributed by atoms with Crippen LogP contribution in [-0.2, 0) is 11.4 Å². The number of benzene rings is 2. The number of carbonyl (C=O) groups excluding carboxylic acids is 2. The molecule has 1 aliphatic heterocycles. The molecule has 7 nitrogen and oxygen atoms in total. The summed E-state index contributed by atoms with van der Waals surface area (Å²) in [5.41, 5.74) is 2.80. The van der Waals surface area contributed by atoms with Crippen molar-refractivity contribution in [3.8, 4) is 11.8 Å². The molecule has 0 radical (unpaired) electrons. The van der Waals surface area contributed by atoms with Crippen LogP contribution in [-0.4, -0.2) is 34.8 Å². The van der Waals surface area contributed by atoms with E-state index in [0.29, 0.717) is 47.9 Å². The molecule has 0 aliphatic carbocycles. The van der Waals surface area contributed by atoms with Crippen molar-refractivity contribution in [1.29, 1.82) is 5.26 Å². The molecule has 0 atom stereocenters. The number of ether oxygens (including phenoxy) is 1. The Balaban J connectivity index is 1.32. The third kappa shape index (κ3) is 5.57. The van der Waals surface area contributed by atoms with Gasteiger partial charge in [0.15, 0.2) is 5.13 Å². The predicted molar refractivity (Wildman–Crippen MR) is 126 cm³/mol. The van der Waals surface area contributed by atoms with Crippen LogP contribution in [0.3, 0.4) is 0 Å². The maximum Gasteiger partial charge on any atom is 0.253 e. The van der Waals surface area contributed by atoms with E-state index in [1.807, 2.05) is 30.5 Å². The minimum Gasteiger partial charge on any atom is -0.489 e. The topological polar surface area (TPSA) is 95.3 Å². The number of aryl methyl sites for hydroxylation is 1. The fourth-order valence-electron chi connectivity index (χ4n) is 3.78. The Morgan fingerprint density at radius 1 is 1.21 bits per heavy atom. The fourth-order valence-corrected chi connectivity index (χ4v) is 4.47. The van der Waals surface area contributed by atoms with E-state index in [-0.39, 0.29) is 24.3 Å². The van der Waals surface area contributed by atoms with E-state index in [9.17, 15) is 14.9 Å². The first kappa shape index (κ1) is 22.5. The van der Waals surface area contributed by atoms with E-state index in [1.165, 1.54) is 11.3 Å². The SMILES string of the molecule is Cc1csc(NC(=O)C2CCN(C(=O)c3cccc(OCc4ccccc4C#N)c3)CC2)n1. The van der Waals surface area contributed by atoms with Gasteiger partial charge in [-0.3, -0.25) is 9.59 Å². The molecule has 1 fully saturated rings. The first-order valence-corrected chi connectivity index (χ1v) is 11.6. The molecule has 2 aromatic carbocycles. The maximum atomic E-state index is 13.0. The standard InChI is InChI=1S/C25H24N4O3S/c1-17-16-33-25(27-17)28-23(30)18-9-11-29(12-10-18)24(31)19-7-4-8-22(13-19)32-15-21-6-3-2-5-20(21)14-26/h2-8,13,16,18H,9-12,15H2,1H3,(H,27,28,30). The average molecular weight is 461 g/mol. The monoisotopic (exact) mass is 460 g/mol. The fraction of sp³-hybridized carbons (Fsp3) is 0.280. The second kappa shape index (κ2) is 10.3. The molecular weight excluding hydrogens is 436 g/mol. The Kier molecular flexibility index (Phi) is 7.01. The number of thiazole rings is 1. The van der Waals surface area contributed by atoms with Gasteiger partial charge in [-0.1, -0.05) is 24.3 Å². The molecule has 1 aliphatic rings. The van der Waals surface area contributed by atoms with Crippen molar-refractivity contribution >= 4 is 28.3 Å². The van der Waals surface area contributed by atoms with E-state index < -0.39 is 0 Å². The molecule has 0 unspecified atom stereocenters. The van der Waals surface area contributed by atoms with E-state index in [4.69, 9.17) is 4.74 Å². The Labute approximate surface area is 196 Å². The summed E-state index contributed by atoms with van der Waals surface area (Å²) in [5.74, 6) is 0.325. The summed E-state index contributed by atoms with van der Waals surface area (Å²) in [5, 5.41) is 14.6. The molecule has 3 aromatic rings. The lowest BCUT2D eigenvalue weighted by Gasteiger charge is -2.31. The van der Waals surface area contributed by atoms with Crippen LogP contribution in [0.15, 0.2) is 53.9 Å². The molecule has 1 saturated heterocycles. The number of hydrogen-bond acceptors (Lipinski definition) is 6. The van der Waals surface area contributed by atoms with Crippen LogP contribution in [0.1, 0.15) is 40.0 Å². The zero-order chi connectivity index (χ0) is 23.2. The molecule has 168 valence electrons. The summed E-state index contributed by atoms with van der Waals surface area (Å²) in [4.78, 5) is 31.6. The number of aromatic nitrogens is 1. The van der Waals surface area contributed by atoms with Gasteiger partial charge in [0.1, 0.15) is 12.4 Å². The molecule has 0 bridgehead atoms. The van der Waals surface area contributed by atoms with Gasteiger partial charge in [0.25, 0.3) is 5.91 Å². The van der Waals surface area contributed by atoms with Crippen LogP contribution >= 0.6 is 11.3 Å². The van der Waals surface area contributed by atoms with Crippen molar-refractivity contribution in [2.75, 3.05) is 18.4 Å². The van der Waals surface area contributed by atoms with E-state index in [2.05, 4.69) is 16.4 Å². The minimum atomic E-state index is -0.131. The van der Waals surface area contributed by atoms with Crippen LogP contribution < -0.4 is 10.1 Å². The van der Waals surface area contributed by atoms with Gasteiger partial charge in [-0.05, 0) is 44.0 Å². The predicted octanol–water partition coefficient (Wildman–Crippen LogP) is 4.39. The van der Waals surface area contributed by atoms with Gasteiger partial charge < -0.3 is 15.0 Å². The van der Waals surface area contributed by atoms with Gasteiger partial charge in [0, 0.05) is 35.5 Å². The molecule has 2 amide bonds. The maximum absolute atomic E-state index is 13.0. The summed E-state index contributed by atoms with van der Waals surface area (Å²) in [6.07, 6.45) is 1.23. The van der Waals surface area contributed by atoms with Crippen molar-refractivity contribution in [3.05, 3.63) is 76.3 Å². The highest BCUT2D eigenvalue weighted by Gasteiger charge is 2.28. The minimum absolute atomic E-state index is 0.0375. The summed E-state index contributed by atoms with van der Waals surface area (Å²) in [6.45, 7) is 3.19. The molecule has 1 N–H and O–H groups in total. The molecule has 4 rings (SSSR count). The van der Waals surface area contributed by atoms with Crippen LogP contribution in [0.4, 0.5) is 5.13 Å². The number of nitriles is 1. The summed E-state index contributed by atoms with van der Waals surface area (Å²) in [6, 6.07) is 16.5. The highest BCUT2D eigenvalue weighted by atomic mass is 32.1. The van der Waals surface area contributed by atoms with E-state index in [0.717, 1.165) is 11.3 Å². The van der Waals surface area contributed by atoms with Gasteiger partial charge in [-0.15, -0.1) is 11.3 Å². The Morgan fingerprint density at radius 3 is 2.73 bits per heavy atom. The van der Waals surface area contributed by atoms with Crippen LogP contribution in [0.2, 0.25) is 0 Å². The Hall–Kier alpha value is -3.70. The molecule has 0 spiro atoms. The van der Waals surface area contributed by atoms with E-state index in [1.54, 1.807) is 35.2 Å². The number of nitrogens with one attached hydrogen (secondary N) is 1. The normalized spacial score (nSPS) is 13.9. The van der Waals surface area contributed by atoms with Crippen molar-refractivity contribution in [1.82, 2.24) is 9.88 Å². The lowest BCUT2D eigenvalue weighted by atomic mass is 9.95. The Morgan fingerprint density at radius 2 is 2.00 bits per heavy atom. The van der Waals surface area contributed by atoms with Crippen molar-refractivity contribution in [2.45, 2.75) is 26.4 Å². The largest absolute Gasteiger partial charge is 0.489 e. The summed E-state index contributed by atoms with van der Waals surface area (Å²) in [7, 11) is 0. The van der Waals surface area contributed by atoms with Crippen molar-refractivity contribution in [3.63, 3.8) is 0 Å². The number of piperidine rings is 1. The summed E-state index contributed by atoms with van der Waals surface area (Å²) >= 11 is 1.42. The van der Waals surface area contributed by atoms with Crippen LogP contribution in [0, 0.1) is 24.2 Å². The van der Waals surface area contributed by atoms with Crippen molar-refractivity contribution < 1.29 is 14.3 Å². The zero-order valence-corrected chi connectivity index (χ0v) is 19.1. The second-order valence-corrected chi connectivity index (χ2v) is 8.79. The molecule has 2 heterocycles. The summed E-state index contributed by atoms with van der Waals surface area (Å²) < 4.78 is 5.84. The van der Waals surface area contributed by atoms with Gasteiger partial charge in [-0.25, -0.2) is 4.98 Å². The van der Waals surface area contributed by atoms with Crippen LogP contribution in [0.25, 0.3) is 0 Å². The molecule has 8 heteroatoms. The number of rotatable bonds is 6. The highest BCUT2D eigenvalue weighted by Crippen LogP contribution is 2.24. The molecule has 33 heavy (non-hydrogen) atoms. The van der Waals surface area contributed by atoms with E-state index >= 15 is 0 Å². The highest BCUT2D eigenvalue weighted by molar-refractivity contribution is 7.13. The third-order valence-corrected chi connectivity index (χ3v) is 6.49. The third-order valence-electron chi connectivity index (χ3n) is 5.62. The molecule has 0 saturated carbocycles. The Bertz CT molecular complexity index is 1190. The zero-order valence-electron chi connectivity index (χ0n) is 18.3. The van der Waals surface area contributed by atoms with Gasteiger partial charge in [-0.2, -0.15) is 5.26 Å². The lowest BCUT2D eigenvalue weighted by Crippen LogP contribution is -2.41. The number of nitrogens with zero attached hydrogens (tertiary/aromatic N) is 3. The number of anilines is 1. The lowest BCUT2D eigenvalue weighted by molar-refractivity contribution is -0.121. The van der Waals surface area contributed by atoms with Crippen molar-refractivity contribution in [2.24, 2.45) is 5.92 Å². The second-order valence-electron chi connectivity index (χ2n) is 7.94. The number of amides is 2. The average Bonchev–Trinajstić information content (AvgIpc) is 3.27.